The Morgan fingerprint density at radius 1 is 1.31 bits per heavy atom. The van der Waals surface area contributed by atoms with Gasteiger partial charge in [0.15, 0.2) is 0 Å². The fourth-order valence-corrected chi connectivity index (χ4v) is 2.06. The summed E-state index contributed by atoms with van der Waals surface area (Å²) in [5.41, 5.74) is 1.40. The summed E-state index contributed by atoms with van der Waals surface area (Å²) in [6.07, 6.45) is 5.14. The third-order valence-corrected chi connectivity index (χ3v) is 3.54. The number of benzene rings is 1. The molecule has 1 nitrogen and oxygen atoms in total. The Kier molecular flexibility index (Phi) is 4.25. The average Bonchev–Trinajstić information content (AvgIpc) is 3.11. The standard InChI is InChI=1S/C14H20ClN/c1-2-11(10-16-14-7-8-14)9-12-3-5-13(15)6-4-12/h3-6,11,14,16H,2,7-10H2,1H3. The highest BCUT2D eigenvalue weighted by molar-refractivity contribution is 6.30. The monoisotopic (exact) mass is 237 g/mol. The second kappa shape index (κ2) is 5.70. The first kappa shape index (κ1) is 11.9. The van der Waals surface area contributed by atoms with Gasteiger partial charge in [-0.1, -0.05) is 37.1 Å². The highest BCUT2D eigenvalue weighted by atomic mass is 35.5. The molecule has 1 N–H and O–H groups in total. The summed E-state index contributed by atoms with van der Waals surface area (Å²) in [7, 11) is 0. The summed E-state index contributed by atoms with van der Waals surface area (Å²) < 4.78 is 0. The highest BCUT2D eigenvalue weighted by Gasteiger charge is 2.21. The number of rotatable bonds is 6. The Hall–Kier alpha value is -0.530. The topological polar surface area (TPSA) is 12.0 Å². The molecular weight excluding hydrogens is 218 g/mol. The third-order valence-electron chi connectivity index (χ3n) is 3.29. The largest absolute Gasteiger partial charge is 0.314 e. The van der Waals surface area contributed by atoms with Crippen molar-refractivity contribution in [1.82, 2.24) is 5.32 Å². The zero-order valence-corrected chi connectivity index (χ0v) is 10.6. The number of nitrogens with one attached hydrogen (secondary N) is 1. The molecule has 1 fully saturated rings. The molecule has 0 saturated heterocycles. The Bertz CT molecular complexity index is 316. The van der Waals surface area contributed by atoms with Gasteiger partial charge in [0.2, 0.25) is 0 Å². The molecule has 88 valence electrons. The summed E-state index contributed by atoms with van der Waals surface area (Å²) in [6.45, 7) is 3.43. The minimum absolute atomic E-state index is 0.752. The van der Waals surface area contributed by atoms with Crippen LogP contribution in [-0.2, 0) is 6.42 Å². The van der Waals surface area contributed by atoms with Crippen molar-refractivity contribution in [2.75, 3.05) is 6.54 Å². The minimum Gasteiger partial charge on any atom is -0.314 e. The van der Waals surface area contributed by atoms with E-state index in [4.69, 9.17) is 11.6 Å². The van der Waals surface area contributed by atoms with Crippen LogP contribution in [0.2, 0.25) is 5.02 Å². The second-order valence-electron chi connectivity index (χ2n) is 4.79. The third kappa shape index (κ3) is 3.80. The molecule has 1 aliphatic rings. The molecule has 1 saturated carbocycles. The van der Waals surface area contributed by atoms with Gasteiger partial charge in [-0.05, 0) is 49.4 Å². The van der Waals surface area contributed by atoms with Crippen LogP contribution >= 0.6 is 11.6 Å². The normalized spacial score (nSPS) is 17.4. The molecule has 2 heteroatoms. The highest BCUT2D eigenvalue weighted by Crippen LogP contribution is 2.20. The fourth-order valence-electron chi connectivity index (χ4n) is 1.94. The number of hydrogen-bond acceptors (Lipinski definition) is 1. The molecule has 0 aromatic heterocycles. The molecule has 0 amide bonds. The summed E-state index contributed by atoms with van der Waals surface area (Å²) in [4.78, 5) is 0. The van der Waals surface area contributed by atoms with Gasteiger partial charge < -0.3 is 5.32 Å². The van der Waals surface area contributed by atoms with Crippen molar-refractivity contribution in [2.24, 2.45) is 5.92 Å². The first-order valence-electron chi connectivity index (χ1n) is 6.25. The molecule has 2 rings (SSSR count). The van der Waals surface area contributed by atoms with Gasteiger partial charge in [-0.15, -0.1) is 0 Å². The van der Waals surface area contributed by atoms with Crippen LogP contribution in [0.4, 0.5) is 0 Å². The maximum atomic E-state index is 5.88. The van der Waals surface area contributed by atoms with Crippen LogP contribution in [0.25, 0.3) is 0 Å². The number of halogens is 1. The van der Waals surface area contributed by atoms with Gasteiger partial charge in [0.1, 0.15) is 0 Å². The van der Waals surface area contributed by atoms with Crippen molar-refractivity contribution < 1.29 is 0 Å². The predicted molar refractivity (Wildman–Crippen MR) is 70.0 cm³/mol. The van der Waals surface area contributed by atoms with Crippen LogP contribution in [0.15, 0.2) is 24.3 Å². The summed E-state index contributed by atoms with van der Waals surface area (Å²) in [5.74, 6) is 0.752. The van der Waals surface area contributed by atoms with Crippen LogP contribution in [0.3, 0.4) is 0 Å². The Morgan fingerprint density at radius 3 is 2.56 bits per heavy atom. The van der Waals surface area contributed by atoms with Crippen molar-refractivity contribution in [2.45, 2.75) is 38.6 Å². The van der Waals surface area contributed by atoms with E-state index < -0.39 is 0 Å². The molecular formula is C14H20ClN. The van der Waals surface area contributed by atoms with E-state index in [0.29, 0.717) is 0 Å². The van der Waals surface area contributed by atoms with Gasteiger partial charge in [-0.3, -0.25) is 0 Å². The maximum absolute atomic E-state index is 5.88. The van der Waals surface area contributed by atoms with Gasteiger partial charge in [-0.25, -0.2) is 0 Å². The van der Waals surface area contributed by atoms with Crippen molar-refractivity contribution in [3.8, 4) is 0 Å². The van der Waals surface area contributed by atoms with Crippen LogP contribution in [-0.4, -0.2) is 12.6 Å². The van der Waals surface area contributed by atoms with Gasteiger partial charge in [0.25, 0.3) is 0 Å². The molecule has 1 aromatic rings. The van der Waals surface area contributed by atoms with Gasteiger partial charge in [0.05, 0.1) is 0 Å². The molecule has 1 aromatic carbocycles. The molecule has 0 bridgehead atoms. The Balaban J connectivity index is 1.82. The van der Waals surface area contributed by atoms with Gasteiger partial charge in [-0.2, -0.15) is 0 Å². The minimum atomic E-state index is 0.752. The van der Waals surface area contributed by atoms with Crippen LogP contribution in [0.5, 0.6) is 0 Å². The van der Waals surface area contributed by atoms with E-state index in [-0.39, 0.29) is 0 Å². The fraction of sp³-hybridized carbons (Fsp3) is 0.571. The SMILES string of the molecule is CCC(CNC1CC1)Cc1ccc(Cl)cc1. The van der Waals surface area contributed by atoms with E-state index in [0.717, 1.165) is 29.9 Å². The zero-order chi connectivity index (χ0) is 11.4. The lowest BCUT2D eigenvalue weighted by Gasteiger charge is -2.15. The van der Waals surface area contributed by atoms with E-state index in [1.807, 2.05) is 12.1 Å². The molecule has 0 spiro atoms. The zero-order valence-electron chi connectivity index (χ0n) is 9.88. The Labute approximate surface area is 103 Å². The molecule has 1 atom stereocenters. The van der Waals surface area contributed by atoms with Crippen LogP contribution in [0, 0.1) is 5.92 Å². The van der Waals surface area contributed by atoms with Crippen molar-refractivity contribution in [3.63, 3.8) is 0 Å². The lowest BCUT2D eigenvalue weighted by Crippen LogP contribution is -2.25. The molecule has 0 aliphatic heterocycles. The van der Waals surface area contributed by atoms with E-state index >= 15 is 0 Å². The van der Waals surface area contributed by atoms with Crippen molar-refractivity contribution in [1.29, 1.82) is 0 Å². The van der Waals surface area contributed by atoms with Gasteiger partial charge >= 0.3 is 0 Å². The average molecular weight is 238 g/mol. The van der Waals surface area contributed by atoms with Gasteiger partial charge in [0, 0.05) is 11.1 Å². The molecule has 1 aliphatic carbocycles. The van der Waals surface area contributed by atoms with E-state index in [2.05, 4.69) is 24.4 Å². The molecule has 1 unspecified atom stereocenters. The van der Waals surface area contributed by atoms with E-state index in [1.165, 1.54) is 24.8 Å². The summed E-state index contributed by atoms with van der Waals surface area (Å²) >= 11 is 5.88. The number of hydrogen-bond donors (Lipinski definition) is 1. The lowest BCUT2D eigenvalue weighted by molar-refractivity contribution is 0.458. The second-order valence-corrected chi connectivity index (χ2v) is 5.22. The first-order chi connectivity index (χ1) is 7.78. The van der Waals surface area contributed by atoms with E-state index in [9.17, 15) is 0 Å². The van der Waals surface area contributed by atoms with E-state index in [1.54, 1.807) is 0 Å². The van der Waals surface area contributed by atoms with Crippen molar-refractivity contribution >= 4 is 11.6 Å². The smallest absolute Gasteiger partial charge is 0.0406 e. The predicted octanol–water partition coefficient (Wildman–Crippen LogP) is 3.66. The summed E-state index contributed by atoms with van der Waals surface area (Å²) in [5, 5.41) is 4.44. The van der Waals surface area contributed by atoms with Crippen molar-refractivity contribution in [3.05, 3.63) is 34.9 Å². The molecule has 0 heterocycles. The lowest BCUT2D eigenvalue weighted by atomic mass is 9.97. The van der Waals surface area contributed by atoms with Crippen LogP contribution in [0.1, 0.15) is 31.7 Å². The quantitative estimate of drug-likeness (QED) is 0.796. The molecule has 0 radical (unpaired) electrons. The van der Waals surface area contributed by atoms with Crippen LogP contribution < -0.4 is 5.32 Å². The summed E-state index contributed by atoms with van der Waals surface area (Å²) in [6, 6.07) is 9.07. The first-order valence-corrected chi connectivity index (χ1v) is 6.63. The Morgan fingerprint density at radius 2 is 2.00 bits per heavy atom. The maximum Gasteiger partial charge on any atom is 0.0406 e. The molecule has 16 heavy (non-hydrogen) atoms.